The number of rotatable bonds is 8. The number of aliphatic hydroxyl groups excluding tert-OH is 1. The zero-order chi connectivity index (χ0) is 18.3. The maximum atomic E-state index is 12.3. The van der Waals surface area contributed by atoms with E-state index in [9.17, 15) is 19.8 Å². The number of nitrogens with one attached hydrogen (secondary N) is 1. The molecule has 0 bridgehead atoms. The first-order valence-electron chi connectivity index (χ1n) is 8.06. The number of unbranched alkanes of at least 4 members (excludes halogenated alkanes) is 1. The zero-order valence-corrected chi connectivity index (χ0v) is 14.7. The fourth-order valence-corrected chi connectivity index (χ4v) is 2.55. The molecular formula is C16H27N3O5. The molecule has 0 spiro atoms. The van der Waals surface area contributed by atoms with Crippen LogP contribution in [0.25, 0.3) is 0 Å². The topological polar surface area (TPSA) is 116 Å². The lowest BCUT2D eigenvalue weighted by Gasteiger charge is -2.41. The second kappa shape index (κ2) is 8.68. The van der Waals surface area contributed by atoms with Crippen LogP contribution >= 0.6 is 0 Å². The number of carbonyl (C=O) groups excluding carboxylic acids is 1. The third-order valence-corrected chi connectivity index (χ3v) is 3.68. The molecule has 0 saturated heterocycles. The molecule has 0 aliphatic heterocycles. The second-order valence-electron chi connectivity index (χ2n) is 6.67. The van der Waals surface area contributed by atoms with Gasteiger partial charge in [0.05, 0.1) is 18.8 Å². The highest BCUT2D eigenvalue weighted by Crippen LogP contribution is 2.23. The minimum Gasteiger partial charge on any atom is -0.465 e. The number of hydrogen-bond donors (Lipinski definition) is 3. The summed E-state index contributed by atoms with van der Waals surface area (Å²) in [6.07, 6.45) is 0.766. The summed E-state index contributed by atoms with van der Waals surface area (Å²) in [5.41, 5.74) is -0.740. The van der Waals surface area contributed by atoms with Gasteiger partial charge in [-0.3, -0.25) is 9.69 Å². The van der Waals surface area contributed by atoms with Crippen molar-refractivity contribution in [1.82, 2.24) is 15.4 Å². The van der Waals surface area contributed by atoms with E-state index in [-0.39, 0.29) is 6.54 Å². The van der Waals surface area contributed by atoms with Crippen LogP contribution in [0, 0.1) is 0 Å². The smallest absolute Gasteiger partial charge is 0.408 e. The molecule has 0 unspecified atom stereocenters. The van der Waals surface area contributed by atoms with Gasteiger partial charge >= 0.3 is 6.09 Å². The van der Waals surface area contributed by atoms with Crippen LogP contribution in [-0.2, 0) is 11.3 Å². The first-order chi connectivity index (χ1) is 11.2. The third-order valence-electron chi connectivity index (χ3n) is 3.68. The van der Waals surface area contributed by atoms with Gasteiger partial charge in [-0.2, -0.15) is 0 Å². The molecular weight excluding hydrogens is 314 g/mol. The summed E-state index contributed by atoms with van der Waals surface area (Å²) in [4.78, 5) is 25.1. The molecule has 0 radical (unpaired) electrons. The largest absolute Gasteiger partial charge is 0.465 e. The average molecular weight is 341 g/mol. The van der Waals surface area contributed by atoms with Crippen LogP contribution in [0.4, 0.5) is 4.79 Å². The lowest BCUT2D eigenvalue weighted by atomic mass is 9.96. The minimum atomic E-state index is -1.46. The van der Waals surface area contributed by atoms with E-state index in [1.165, 1.54) is 6.20 Å². The maximum Gasteiger partial charge on any atom is 0.408 e. The van der Waals surface area contributed by atoms with Crippen molar-refractivity contribution in [2.75, 3.05) is 0 Å². The molecule has 1 aromatic heterocycles. The molecule has 0 aliphatic rings. The van der Waals surface area contributed by atoms with E-state index < -0.39 is 29.7 Å². The molecule has 136 valence electrons. The van der Waals surface area contributed by atoms with Crippen molar-refractivity contribution >= 4 is 12.0 Å². The van der Waals surface area contributed by atoms with Crippen molar-refractivity contribution in [1.29, 1.82) is 0 Å². The van der Waals surface area contributed by atoms with Crippen LogP contribution in [0.2, 0.25) is 0 Å². The lowest BCUT2D eigenvalue weighted by molar-refractivity contribution is -0.134. The molecule has 2 atom stereocenters. The van der Waals surface area contributed by atoms with E-state index in [4.69, 9.17) is 4.52 Å². The summed E-state index contributed by atoms with van der Waals surface area (Å²) in [7, 11) is 0. The van der Waals surface area contributed by atoms with E-state index >= 15 is 0 Å². The van der Waals surface area contributed by atoms with Gasteiger partial charge in [0.1, 0.15) is 0 Å². The Labute approximate surface area is 141 Å². The Kier molecular flexibility index (Phi) is 7.21. The zero-order valence-electron chi connectivity index (χ0n) is 14.7. The normalized spacial score (nSPS) is 14.0. The maximum absolute atomic E-state index is 12.3. The molecule has 8 heteroatoms. The van der Waals surface area contributed by atoms with Gasteiger partial charge in [0, 0.05) is 11.6 Å². The lowest BCUT2D eigenvalue weighted by Crippen LogP contribution is -2.58. The Balaban J connectivity index is 2.87. The van der Waals surface area contributed by atoms with Crippen molar-refractivity contribution in [2.24, 2.45) is 0 Å². The number of carboxylic acid groups (broad SMARTS) is 1. The molecule has 2 amide bonds. The van der Waals surface area contributed by atoms with Gasteiger partial charge in [0.15, 0.2) is 11.9 Å². The summed E-state index contributed by atoms with van der Waals surface area (Å²) < 4.78 is 4.88. The summed E-state index contributed by atoms with van der Waals surface area (Å²) >= 11 is 0. The van der Waals surface area contributed by atoms with E-state index in [0.717, 1.165) is 11.3 Å². The Bertz CT molecular complexity index is 524. The van der Waals surface area contributed by atoms with Crippen molar-refractivity contribution in [2.45, 2.75) is 71.2 Å². The van der Waals surface area contributed by atoms with Crippen LogP contribution in [0.5, 0.6) is 0 Å². The molecule has 1 aromatic rings. The quantitative estimate of drug-likeness (QED) is 0.666. The summed E-state index contributed by atoms with van der Waals surface area (Å²) in [6.45, 7) is 7.26. The van der Waals surface area contributed by atoms with Gasteiger partial charge in [-0.25, -0.2) is 4.79 Å². The van der Waals surface area contributed by atoms with Gasteiger partial charge in [-0.05, 0) is 27.2 Å². The van der Waals surface area contributed by atoms with Crippen molar-refractivity contribution in [3.05, 3.63) is 18.0 Å². The fourth-order valence-electron chi connectivity index (χ4n) is 2.55. The van der Waals surface area contributed by atoms with Crippen molar-refractivity contribution in [3.8, 4) is 0 Å². The van der Waals surface area contributed by atoms with Crippen LogP contribution in [0.3, 0.4) is 0 Å². The number of aromatic nitrogens is 1. The molecule has 3 N–H and O–H groups in total. The highest BCUT2D eigenvalue weighted by Gasteiger charge is 2.39. The summed E-state index contributed by atoms with van der Waals surface area (Å²) in [6, 6.07) is 0.775. The summed E-state index contributed by atoms with van der Waals surface area (Å²) in [5.74, 6) is -0.186. The number of nitrogens with zero attached hydrogens (tertiary/aromatic N) is 2. The monoisotopic (exact) mass is 341 g/mol. The molecule has 0 aliphatic carbocycles. The van der Waals surface area contributed by atoms with E-state index in [2.05, 4.69) is 10.5 Å². The number of aliphatic hydroxyl groups is 1. The van der Waals surface area contributed by atoms with Crippen molar-refractivity contribution < 1.29 is 24.3 Å². The highest BCUT2D eigenvalue weighted by molar-refractivity contribution is 5.82. The standard InChI is InChI=1S/C16H27N3O5/c1-5-6-7-12(19(15(22)23)16(2,3)4)13(20)14(21)17-10-11-8-9-18-24-11/h8-9,12-13,20H,5-7,10H2,1-4H3,(H,17,21)(H,22,23)/t12-,13+/m0/s1. The predicted octanol–water partition coefficient (Wildman–Crippen LogP) is 1.99. The predicted molar refractivity (Wildman–Crippen MR) is 87.3 cm³/mol. The third kappa shape index (κ3) is 5.52. The Hall–Kier alpha value is -2.09. The van der Waals surface area contributed by atoms with Gasteiger partial charge < -0.3 is 20.1 Å². The first-order valence-corrected chi connectivity index (χ1v) is 8.06. The van der Waals surface area contributed by atoms with E-state index in [0.29, 0.717) is 18.6 Å². The molecule has 1 rings (SSSR count). The number of carbonyl (C=O) groups is 2. The van der Waals surface area contributed by atoms with Crippen LogP contribution in [0.15, 0.2) is 16.8 Å². The van der Waals surface area contributed by atoms with E-state index in [1.54, 1.807) is 26.8 Å². The van der Waals surface area contributed by atoms with Gasteiger partial charge in [-0.1, -0.05) is 24.9 Å². The molecule has 0 fully saturated rings. The van der Waals surface area contributed by atoms with Crippen LogP contribution in [-0.4, -0.2) is 50.0 Å². The Morgan fingerprint density at radius 2 is 2.08 bits per heavy atom. The van der Waals surface area contributed by atoms with Crippen LogP contribution < -0.4 is 5.32 Å². The number of amides is 2. The second-order valence-corrected chi connectivity index (χ2v) is 6.67. The fraction of sp³-hybridized carbons (Fsp3) is 0.688. The average Bonchev–Trinajstić information content (AvgIpc) is 2.99. The summed E-state index contributed by atoms with van der Waals surface area (Å²) in [5, 5.41) is 26.1. The van der Waals surface area contributed by atoms with Gasteiger partial charge in [-0.15, -0.1) is 0 Å². The Morgan fingerprint density at radius 1 is 1.42 bits per heavy atom. The van der Waals surface area contributed by atoms with Crippen LogP contribution in [0.1, 0.15) is 52.7 Å². The molecule has 0 aromatic carbocycles. The number of hydrogen-bond acceptors (Lipinski definition) is 5. The van der Waals surface area contributed by atoms with Crippen molar-refractivity contribution in [3.63, 3.8) is 0 Å². The Morgan fingerprint density at radius 3 is 2.54 bits per heavy atom. The first kappa shape index (κ1) is 20.0. The molecule has 8 nitrogen and oxygen atoms in total. The SMILES string of the molecule is CCCC[C@@H]([C@@H](O)C(=O)NCc1ccno1)N(C(=O)O)C(C)(C)C. The van der Waals surface area contributed by atoms with E-state index in [1.807, 2.05) is 6.92 Å². The minimum absolute atomic E-state index is 0.0823. The highest BCUT2D eigenvalue weighted by atomic mass is 16.5. The van der Waals surface area contributed by atoms with Gasteiger partial charge in [0.2, 0.25) is 0 Å². The molecule has 0 saturated carbocycles. The van der Waals surface area contributed by atoms with Gasteiger partial charge in [0.25, 0.3) is 5.91 Å². The molecule has 1 heterocycles. The molecule has 24 heavy (non-hydrogen) atoms.